The summed E-state index contributed by atoms with van der Waals surface area (Å²) in [5.41, 5.74) is 1.69. The summed E-state index contributed by atoms with van der Waals surface area (Å²) in [7, 11) is -3.51. The van der Waals surface area contributed by atoms with Gasteiger partial charge >= 0.3 is 0 Å². The van der Waals surface area contributed by atoms with E-state index in [9.17, 15) is 13.7 Å². The number of sulfonamides is 1. The van der Waals surface area contributed by atoms with Crippen LogP contribution in [0.4, 0.5) is 0 Å². The predicted octanol–water partition coefficient (Wildman–Crippen LogP) is 1.30. The zero-order chi connectivity index (χ0) is 17.9. The van der Waals surface area contributed by atoms with Crippen LogP contribution in [0.1, 0.15) is 11.1 Å². The third-order valence-corrected chi connectivity index (χ3v) is 6.57. The standard InChI is InChI=1S/C18H18ClN3O2S/c19-17-6-3-7-18(12-17)25(23,24)22-10-8-21(9-11-22)14-16-5-2-1-4-15(16)13-20/h1-7,12H,8-11,14H2/p+1. The van der Waals surface area contributed by atoms with Crippen LogP contribution in [0.2, 0.25) is 5.02 Å². The zero-order valence-corrected chi connectivity index (χ0v) is 15.2. The molecule has 2 aromatic rings. The third-order valence-electron chi connectivity index (χ3n) is 4.44. The molecule has 0 spiro atoms. The van der Waals surface area contributed by atoms with Crippen LogP contribution >= 0.6 is 11.6 Å². The monoisotopic (exact) mass is 376 g/mol. The zero-order valence-electron chi connectivity index (χ0n) is 13.7. The first-order valence-electron chi connectivity index (χ1n) is 8.08. The summed E-state index contributed by atoms with van der Waals surface area (Å²) in [6, 6.07) is 16.1. The molecule has 0 amide bonds. The van der Waals surface area contributed by atoms with E-state index in [2.05, 4.69) is 6.07 Å². The maximum absolute atomic E-state index is 12.7. The maximum Gasteiger partial charge on any atom is 0.243 e. The molecule has 0 bridgehead atoms. The number of hydrogen-bond acceptors (Lipinski definition) is 3. The van der Waals surface area contributed by atoms with Crippen molar-refractivity contribution in [2.45, 2.75) is 11.4 Å². The number of nitriles is 1. The number of quaternary nitrogens is 1. The van der Waals surface area contributed by atoms with E-state index in [0.29, 0.717) is 36.8 Å². The van der Waals surface area contributed by atoms with Gasteiger partial charge in [-0.05, 0) is 24.3 Å². The largest absolute Gasteiger partial charge is 0.329 e. The summed E-state index contributed by atoms with van der Waals surface area (Å²) in [5.74, 6) is 0. The van der Waals surface area contributed by atoms with Crippen molar-refractivity contribution < 1.29 is 13.3 Å². The molecule has 1 aliphatic rings. The van der Waals surface area contributed by atoms with E-state index in [1.165, 1.54) is 15.3 Å². The van der Waals surface area contributed by atoms with E-state index in [1.807, 2.05) is 24.3 Å². The van der Waals surface area contributed by atoms with Gasteiger partial charge in [-0.2, -0.15) is 9.57 Å². The van der Waals surface area contributed by atoms with Crippen molar-refractivity contribution in [2.75, 3.05) is 26.2 Å². The lowest BCUT2D eigenvalue weighted by atomic mass is 10.1. The third kappa shape index (κ3) is 4.02. The number of halogens is 1. The first-order valence-corrected chi connectivity index (χ1v) is 9.90. The van der Waals surface area contributed by atoms with Crippen LogP contribution in [0, 0.1) is 11.3 Å². The average molecular weight is 377 g/mol. The summed E-state index contributed by atoms with van der Waals surface area (Å²) in [6.45, 7) is 3.06. The van der Waals surface area contributed by atoms with Gasteiger partial charge in [0.05, 0.1) is 42.7 Å². The summed E-state index contributed by atoms with van der Waals surface area (Å²) >= 11 is 5.92. The van der Waals surface area contributed by atoms with Crippen LogP contribution in [-0.4, -0.2) is 38.9 Å². The van der Waals surface area contributed by atoms with Crippen molar-refractivity contribution in [1.82, 2.24) is 4.31 Å². The predicted molar refractivity (Wildman–Crippen MR) is 95.8 cm³/mol. The van der Waals surface area contributed by atoms with E-state index in [1.54, 1.807) is 18.2 Å². The highest BCUT2D eigenvalue weighted by molar-refractivity contribution is 7.89. The fourth-order valence-corrected chi connectivity index (χ4v) is 4.79. The molecule has 0 aromatic heterocycles. The summed E-state index contributed by atoms with van der Waals surface area (Å²) in [6.07, 6.45) is 0. The average Bonchev–Trinajstić information content (AvgIpc) is 2.63. The van der Waals surface area contributed by atoms with Crippen molar-refractivity contribution in [3.63, 3.8) is 0 Å². The van der Waals surface area contributed by atoms with Gasteiger partial charge in [0.2, 0.25) is 10.0 Å². The second-order valence-electron chi connectivity index (χ2n) is 6.06. The van der Waals surface area contributed by atoms with Gasteiger partial charge in [0.25, 0.3) is 0 Å². The molecule has 3 rings (SSSR count). The van der Waals surface area contributed by atoms with E-state index in [4.69, 9.17) is 11.6 Å². The number of piperazine rings is 1. The SMILES string of the molecule is N#Cc1ccccc1C[NH+]1CCN(S(=O)(=O)c2cccc(Cl)c2)CC1. The summed E-state index contributed by atoms with van der Waals surface area (Å²) in [5, 5.41) is 9.60. The molecule has 1 aliphatic heterocycles. The highest BCUT2D eigenvalue weighted by Gasteiger charge is 2.30. The Kier molecular flexibility index (Phi) is 5.40. The van der Waals surface area contributed by atoms with E-state index in [0.717, 1.165) is 12.1 Å². The normalized spacial score (nSPS) is 16.5. The molecular weight excluding hydrogens is 358 g/mol. The number of rotatable bonds is 4. The lowest BCUT2D eigenvalue weighted by Gasteiger charge is -2.31. The van der Waals surface area contributed by atoms with Crippen molar-refractivity contribution in [3.05, 3.63) is 64.7 Å². The molecule has 25 heavy (non-hydrogen) atoms. The van der Waals surface area contributed by atoms with E-state index < -0.39 is 10.0 Å². The number of hydrogen-bond donors (Lipinski definition) is 1. The Balaban J connectivity index is 1.67. The first kappa shape index (κ1) is 17.9. The molecule has 1 N–H and O–H groups in total. The second kappa shape index (κ2) is 7.54. The van der Waals surface area contributed by atoms with Gasteiger partial charge in [-0.1, -0.05) is 35.9 Å². The smallest absolute Gasteiger partial charge is 0.243 e. The molecule has 7 heteroatoms. The lowest BCUT2D eigenvalue weighted by molar-refractivity contribution is -0.917. The van der Waals surface area contributed by atoms with Crippen LogP contribution in [-0.2, 0) is 16.6 Å². The van der Waals surface area contributed by atoms with Crippen molar-refractivity contribution in [3.8, 4) is 6.07 Å². The Hall–Kier alpha value is -1.91. The molecule has 1 saturated heterocycles. The van der Waals surface area contributed by atoms with Crippen LogP contribution in [0.3, 0.4) is 0 Å². The molecule has 0 radical (unpaired) electrons. The highest BCUT2D eigenvalue weighted by atomic mass is 35.5. The first-order chi connectivity index (χ1) is 12.0. The minimum atomic E-state index is -3.51. The summed E-state index contributed by atoms with van der Waals surface area (Å²) in [4.78, 5) is 1.51. The molecule has 0 atom stereocenters. The van der Waals surface area contributed by atoms with Gasteiger partial charge in [0.15, 0.2) is 0 Å². The molecule has 1 fully saturated rings. The molecule has 0 unspecified atom stereocenters. The van der Waals surface area contributed by atoms with Crippen LogP contribution in [0.15, 0.2) is 53.4 Å². The number of nitrogens with zero attached hydrogens (tertiary/aromatic N) is 2. The highest BCUT2D eigenvalue weighted by Crippen LogP contribution is 2.19. The van der Waals surface area contributed by atoms with Gasteiger partial charge in [-0.3, -0.25) is 0 Å². The quantitative estimate of drug-likeness (QED) is 0.874. The number of benzene rings is 2. The molecule has 1 heterocycles. The second-order valence-corrected chi connectivity index (χ2v) is 8.43. The molecule has 0 aliphatic carbocycles. The Morgan fingerprint density at radius 1 is 1.12 bits per heavy atom. The van der Waals surface area contributed by atoms with E-state index in [-0.39, 0.29) is 4.90 Å². The van der Waals surface area contributed by atoms with Gasteiger partial charge in [0, 0.05) is 10.6 Å². The van der Waals surface area contributed by atoms with Crippen molar-refractivity contribution >= 4 is 21.6 Å². The fourth-order valence-electron chi connectivity index (χ4n) is 3.05. The van der Waals surface area contributed by atoms with E-state index >= 15 is 0 Å². The molecule has 130 valence electrons. The fraction of sp³-hybridized carbons (Fsp3) is 0.278. The van der Waals surface area contributed by atoms with Gasteiger partial charge in [0.1, 0.15) is 6.54 Å². The lowest BCUT2D eigenvalue weighted by Crippen LogP contribution is -3.13. The van der Waals surface area contributed by atoms with Crippen LogP contribution in [0.5, 0.6) is 0 Å². The minimum absolute atomic E-state index is 0.235. The Labute approximate surface area is 153 Å². The van der Waals surface area contributed by atoms with Crippen LogP contribution < -0.4 is 4.90 Å². The minimum Gasteiger partial charge on any atom is -0.329 e. The topological polar surface area (TPSA) is 65.6 Å². The number of nitrogens with one attached hydrogen (secondary N) is 1. The summed E-state index contributed by atoms with van der Waals surface area (Å²) < 4.78 is 27.0. The van der Waals surface area contributed by atoms with Gasteiger partial charge in [-0.15, -0.1) is 0 Å². The van der Waals surface area contributed by atoms with Gasteiger partial charge < -0.3 is 4.90 Å². The molecular formula is C18H19ClN3O2S+. The Morgan fingerprint density at radius 2 is 1.84 bits per heavy atom. The maximum atomic E-state index is 12.7. The van der Waals surface area contributed by atoms with Gasteiger partial charge in [-0.25, -0.2) is 8.42 Å². The molecule has 0 saturated carbocycles. The molecule has 2 aromatic carbocycles. The van der Waals surface area contributed by atoms with Crippen molar-refractivity contribution in [2.24, 2.45) is 0 Å². The van der Waals surface area contributed by atoms with Crippen molar-refractivity contribution in [1.29, 1.82) is 5.26 Å². The van der Waals surface area contributed by atoms with Crippen LogP contribution in [0.25, 0.3) is 0 Å². The molecule has 5 nitrogen and oxygen atoms in total. The Bertz CT molecular complexity index is 901. The Morgan fingerprint density at radius 3 is 2.52 bits per heavy atom.